The second-order valence-corrected chi connectivity index (χ2v) is 5.27. The van der Waals surface area contributed by atoms with Gasteiger partial charge in [0.1, 0.15) is 0 Å². The lowest BCUT2D eigenvalue weighted by Crippen LogP contribution is -2.26. The zero-order valence-corrected chi connectivity index (χ0v) is 12.3. The van der Waals surface area contributed by atoms with Crippen molar-refractivity contribution in [1.82, 2.24) is 10.2 Å². The van der Waals surface area contributed by atoms with Crippen LogP contribution in [0.3, 0.4) is 0 Å². The summed E-state index contributed by atoms with van der Waals surface area (Å²) in [5.41, 5.74) is 1.03. The third-order valence-electron chi connectivity index (χ3n) is 2.34. The lowest BCUT2D eigenvalue weighted by atomic mass is 10.2. The second-order valence-electron chi connectivity index (χ2n) is 3.95. The monoisotopic (exact) mass is 318 g/mol. The predicted molar refractivity (Wildman–Crippen MR) is 74.2 cm³/mol. The molecular weight excluding hydrogens is 304 g/mol. The van der Waals surface area contributed by atoms with Crippen LogP contribution >= 0.6 is 27.5 Å². The van der Waals surface area contributed by atoms with Gasteiger partial charge < -0.3 is 10.2 Å². The molecule has 0 aliphatic rings. The summed E-state index contributed by atoms with van der Waals surface area (Å²) in [6.07, 6.45) is 0.499. The van der Waals surface area contributed by atoms with Gasteiger partial charge in [-0.15, -0.1) is 0 Å². The molecule has 5 heteroatoms. The van der Waals surface area contributed by atoms with Crippen LogP contribution in [0.25, 0.3) is 0 Å². The van der Waals surface area contributed by atoms with E-state index in [2.05, 4.69) is 21.2 Å². The lowest BCUT2D eigenvalue weighted by molar-refractivity contribution is -0.128. The molecule has 0 saturated carbocycles. The minimum atomic E-state index is 0.123. The minimum absolute atomic E-state index is 0.123. The third-order valence-corrected chi connectivity index (χ3v) is 3.20. The second kappa shape index (κ2) is 6.99. The van der Waals surface area contributed by atoms with Gasteiger partial charge in [0.2, 0.25) is 5.91 Å². The minimum Gasteiger partial charge on any atom is -0.349 e. The summed E-state index contributed by atoms with van der Waals surface area (Å²) in [6.45, 7) is 1.32. The molecule has 0 aromatic heterocycles. The number of nitrogens with zero attached hydrogens (tertiary/aromatic N) is 1. The highest BCUT2D eigenvalue weighted by molar-refractivity contribution is 9.10. The molecule has 94 valence electrons. The van der Waals surface area contributed by atoms with E-state index in [0.717, 1.165) is 15.1 Å². The molecule has 0 saturated heterocycles. The van der Waals surface area contributed by atoms with Gasteiger partial charge in [0.25, 0.3) is 0 Å². The van der Waals surface area contributed by atoms with Gasteiger partial charge in [-0.2, -0.15) is 0 Å². The van der Waals surface area contributed by atoms with Crippen molar-refractivity contribution in [3.05, 3.63) is 33.3 Å². The number of rotatable bonds is 5. The van der Waals surface area contributed by atoms with Crippen LogP contribution in [0.1, 0.15) is 12.0 Å². The first kappa shape index (κ1) is 14.5. The third kappa shape index (κ3) is 5.06. The zero-order chi connectivity index (χ0) is 12.8. The van der Waals surface area contributed by atoms with Crippen molar-refractivity contribution in [3.63, 3.8) is 0 Å². The molecule has 0 bridgehead atoms. The number of carbonyl (C=O) groups excluding carboxylic acids is 1. The summed E-state index contributed by atoms with van der Waals surface area (Å²) < 4.78 is 1.00. The van der Waals surface area contributed by atoms with Crippen molar-refractivity contribution in [2.75, 3.05) is 20.6 Å². The molecule has 1 aromatic rings. The highest BCUT2D eigenvalue weighted by atomic mass is 79.9. The number of carbonyl (C=O) groups is 1. The van der Waals surface area contributed by atoms with Crippen LogP contribution < -0.4 is 5.32 Å². The van der Waals surface area contributed by atoms with Gasteiger partial charge in [0, 0.05) is 43.1 Å². The van der Waals surface area contributed by atoms with E-state index in [9.17, 15) is 4.79 Å². The molecule has 0 atom stereocenters. The Morgan fingerprint density at radius 2 is 2.18 bits per heavy atom. The van der Waals surface area contributed by atoms with E-state index in [4.69, 9.17) is 11.6 Å². The van der Waals surface area contributed by atoms with Crippen LogP contribution in [0, 0.1) is 0 Å². The van der Waals surface area contributed by atoms with E-state index < -0.39 is 0 Å². The Balaban J connectivity index is 2.36. The quantitative estimate of drug-likeness (QED) is 0.846. The van der Waals surface area contributed by atoms with Crippen LogP contribution in [-0.4, -0.2) is 31.4 Å². The van der Waals surface area contributed by atoms with Gasteiger partial charge in [0.05, 0.1) is 0 Å². The molecular formula is C12H16BrClN2O. The van der Waals surface area contributed by atoms with E-state index >= 15 is 0 Å². The summed E-state index contributed by atoms with van der Waals surface area (Å²) >= 11 is 9.45. The van der Waals surface area contributed by atoms with Crippen LogP contribution in [0.4, 0.5) is 0 Å². The zero-order valence-electron chi connectivity index (χ0n) is 9.96. The topological polar surface area (TPSA) is 32.3 Å². The Hall–Kier alpha value is -0.580. The highest BCUT2D eigenvalue weighted by Gasteiger charge is 2.04. The van der Waals surface area contributed by atoms with Gasteiger partial charge >= 0.3 is 0 Å². The smallest absolute Gasteiger partial charge is 0.223 e. The number of benzene rings is 1. The first-order valence-electron chi connectivity index (χ1n) is 5.35. The molecule has 1 amide bonds. The summed E-state index contributed by atoms with van der Waals surface area (Å²) in [4.78, 5) is 12.9. The maximum atomic E-state index is 11.3. The molecule has 1 N–H and O–H groups in total. The highest BCUT2D eigenvalue weighted by Crippen LogP contribution is 2.20. The van der Waals surface area contributed by atoms with E-state index in [0.29, 0.717) is 19.5 Å². The maximum absolute atomic E-state index is 11.3. The Kier molecular flexibility index (Phi) is 5.95. The normalized spacial score (nSPS) is 10.4. The molecule has 1 aromatic carbocycles. The SMILES string of the molecule is CN(C)C(=O)CCNCc1cc(Br)ccc1Cl. The Morgan fingerprint density at radius 1 is 1.47 bits per heavy atom. The molecule has 0 heterocycles. The molecule has 0 spiro atoms. The summed E-state index contributed by atoms with van der Waals surface area (Å²) in [5.74, 6) is 0.123. The molecule has 0 unspecified atom stereocenters. The predicted octanol–water partition coefficient (Wildman–Crippen LogP) is 2.67. The van der Waals surface area contributed by atoms with Crippen molar-refractivity contribution in [2.24, 2.45) is 0 Å². The van der Waals surface area contributed by atoms with E-state index in [1.807, 2.05) is 18.2 Å². The van der Waals surface area contributed by atoms with E-state index in [1.54, 1.807) is 19.0 Å². The van der Waals surface area contributed by atoms with E-state index in [-0.39, 0.29) is 5.91 Å². The number of hydrogen-bond acceptors (Lipinski definition) is 2. The number of nitrogens with one attached hydrogen (secondary N) is 1. The molecule has 0 radical (unpaired) electrons. The molecule has 3 nitrogen and oxygen atoms in total. The van der Waals surface area contributed by atoms with Crippen LogP contribution in [0.2, 0.25) is 5.02 Å². The van der Waals surface area contributed by atoms with Crippen molar-refractivity contribution >= 4 is 33.4 Å². The van der Waals surface area contributed by atoms with Crippen LogP contribution in [0.5, 0.6) is 0 Å². The first-order valence-corrected chi connectivity index (χ1v) is 6.52. The van der Waals surface area contributed by atoms with Crippen molar-refractivity contribution in [1.29, 1.82) is 0 Å². The first-order chi connectivity index (χ1) is 8.00. The molecule has 0 fully saturated rings. The van der Waals surface area contributed by atoms with Crippen LogP contribution in [0.15, 0.2) is 22.7 Å². The van der Waals surface area contributed by atoms with Gasteiger partial charge in [-0.1, -0.05) is 27.5 Å². The van der Waals surface area contributed by atoms with Crippen molar-refractivity contribution < 1.29 is 4.79 Å². The number of halogens is 2. The van der Waals surface area contributed by atoms with Crippen molar-refractivity contribution in [3.8, 4) is 0 Å². The maximum Gasteiger partial charge on any atom is 0.223 e. The Morgan fingerprint density at radius 3 is 2.82 bits per heavy atom. The Labute approximate surface area is 115 Å². The molecule has 1 rings (SSSR count). The van der Waals surface area contributed by atoms with Gasteiger partial charge in [-0.3, -0.25) is 4.79 Å². The summed E-state index contributed by atoms with van der Waals surface area (Å²) in [7, 11) is 3.51. The average Bonchev–Trinajstić information content (AvgIpc) is 2.28. The fraction of sp³-hybridized carbons (Fsp3) is 0.417. The fourth-order valence-corrected chi connectivity index (χ4v) is 1.91. The fourth-order valence-electron chi connectivity index (χ4n) is 1.32. The van der Waals surface area contributed by atoms with Gasteiger partial charge in [-0.25, -0.2) is 0 Å². The van der Waals surface area contributed by atoms with Crippen molar-refractivity contribution in [2.45, 2.75) is 13.0 Å². The largest absolute Gasteiger partial charge is 0.349 e. The molecule has 0 aliphatic heterocycles. The van der Waals surface area contributed by atoms with Gasteiger partial charge in [0.15, 0.2) is 0 Å². The number of amides is 1. The van der Waals surface area contributed by atoms with Gasteiger partial charge in [-0.05, 0) is 23.8 Å². The standard InChI is InChI=1S/C12H16BrClN2O/c1-16(2)12(17)5-6-15-8-9-7-10(13)3-4-11(9)14/h3-4,7,15H,5-6,8H2,1-2H3. The summed E-state index contributed by atoms with van der Waals surface area (Å²) in [6, 6.07) is 5.73. The molecule has 17 heavy (non-hydrogen) atoms. The van der Waals surface area contributed by atoms with Crippen LogP contribution in [-0.2, 0) is 11.3 Å². The lowest BCUT2D eigenvalue weighted by Gasteiger charge is -2.11. The average molecular weight is 320 g/mol. The number of hydrogen-bond donors (Lipinski definition) is 1. The summed E-state index contributed by atoms with van der Waals surface area (Å²) in [5, 5.41) is 3.94. The Bertz CT molecular complexity index is 396. The molecule has 0 aliphatic carbocycles. The van der Waals surface area contributed by atoms with E-state index in [1.165, 1.54) is 0 Å².